The summed E-state index contributed by atoms with van der Waals surface area (Å²) in [5.74, 6) is -0.904. The molecule has 2 spiro atoms. The van der Waals surface area contributed by atoms with Crippen molar-refractivity contribution < 1.29 is 68.1 Å². The largest absolute Gasteiger partial charge is 0.416 e. The third kappa shape index (κ3) is 14.5. The number of carbonyl (C=O) groups is 2. The molecule has 1 unspecified atom stereocenters. The predicted molar refractivity (Wildman–Crippen MR) is 279 cm³/mol. The van der Waals surface area contributed by atoms with Crippen molar-refractivity contribution in [1.29, 1.82) is 0 Å². The van der Waals surface area contributed by atoms with Gasteiger partial charge >= 0.3 is 18.5 Å². The van der Waals surface area contributed by atoms with E-state index in [9.17, 15) is 49.1 Å². The lowest BCUT2D eigenvalue weighted by Gasteiger charge is -2.34. The fourth-order valence-electron chi connectivity index (χ4n) is 11.2. The maximum absolute atomic E-state index is 13.0. The van der Waals surface area contributed by atoms with Gasteiger partial charge in [0.25, 0.3) is 0 Å². The molecule has 1 atom stereocenters. The zero-order chi connectivity index (χ0) is 55.3. The fourth-order valence-corrected chi connectivity index (χ4v) is 12.3. The second-order valence-electron chi connectivity index (χ2n) is 20.4. The van der Waals surface area contributed by atoms with E-state index in [1.807, 2.05) is 37.2 Å². The second kappa shape index (κ2) is 24.5. The predicted octanol–water partition coefficient (Wildman–Crippen LogP) is 14.0. The average Bonchev–Trinajstić information content (AvgIpc) is 4.07. The molecule has 0 aromatic heterocycles. The van der Waals surface area contributed by atoms with Crippen LogP contribution in [-0.4, -0.2) is 74.6 Å². The quantitative estimate of drug-likeness (QED) is 0.155. The first-order valence-electron chi connectivity index (χ1n) is 25.8. The molecule has 7 nitrogen and oxygen atoms in total. The lowest BCUT2D eigenvalue weighted by Crippen LogP contribution is -2.38. The lowest BCUT2D eigenvalue weighted by atomic mass is 9.84. The molecule has 0 amide bonds. The van der Waals surface area contributed by atoms with Crippen molar-refractivity contribution in [3.05, 3.63) is 172 Å². The van der Waals surface area contributed by atoms with Gasteiger partial charge in [0, 0.05) is 66.4 Å². The number of rotatable bonds is 1. The van der Waals surface area contributed by atoms with Gasteiger partial charge in [-0.1, -0.05) is 92.5 Å². The number of halogens is 11. The first kappa shape index (κ1) is 58.7. The molecule has 0 saturated carbocycles. The molecule has 0 bridgehead atoms. The molecular weight excluding hydrogens is 1150 g/mol. The minimum atomic E-state index is -4.36. The molecule has 0 N–H and O–H groups in total. The van der Waals surface area contributed by atoms with Crippen LogP contribution in [-0.2, 0) is 111 Å². The number of fused-ring (bicyclic) bond motifs is 5. The summed E-state index contributed by atoms with van der Waals surface area (Å²) < 4.78 is 140. The highest BCUT2D eigenvalue weighted by atomic mass is 79.9. The molecule has 414 valence electrons. The molecule has 5 aromatic rings. The maximum Gasteiger partial charge on any atom is 0.416 e. The summed E-state index contributed by atoms with van der Waals surface area (Å²) >= 11 is 7.06. The third-order valence-electron chi connectivity index (χ3n) is 15.2. The van der Waals surface area contributed by atoms with Crippen LogP contribution >= 0.6 is 31.9 Å². The molecule has 12 rings (SSSR count). The van der Waals surface area contributed by atoms with Crippen LogP contribution < -0.4 is 0 Å². The van der Waals surface area contributed by atoms with Gasteiger partial charge in [-0.15, -0.1) is 0 Å². The standard InChI is InChI=1S/C13H16F3N.C13H13F3O2.C12H13BrO2.C11H9F3O.C10H9BrO/c1-17(2)10-7-6-9-4-3-5-12(11(9)8-10)13(14,15)16;14-13(15,16)11-3-1-2-9-4-5-12(8-10(9)11)17-6-7-18-12;13-11-3-1-2-9-4-5-12(8-10(9)11)14-6-7-15-12;12-11(13,14)10-3-1-2-7-4-5-8(15)6-9(7)10;11-10-3-1-2-7-4-5-8(12)6-9(7)10/h3-5,10H,6-8H2,1-2H3;1-3H,4-8H2;1-3H,4-8H2;1-3H,4-6H2;1-3H,4-6H2. The van der Waals surface area contributed by atoms with Crippen LogP contribution in [0.4, 0.5) is 39.5 Å². The van der Waals surface area contributed by atoms with E-state index in [1.165, 1.54) is 51.0 Å². The van der Waals surface area contributed by atoms with Gasteiger partial charge in [0.1, 0.15) is 11.6 Å². The van der Waals surface area contributed by atoms with Gasteiger partial charge in [-0.3, -0.25) is 9.59 Å². The number of ketones is 2. The van der Waals surface area contributed by atoms with Crippen molar-refractivity contribution in [3.8, 4) is 0 Å². The fraction of sp³-hybridized carbons (Fsp3) is 0.458. The summed E-state index contributed by atoms with van der Waals surface area (Å²) in [5.41, 5.74) is 6.88. The molecule has 2 heterocycles. The summed E-state index contributed by atoms with van der Waals surface area (Å²) in [6, 6.07) is 25.7. The number of alkyl halides is 9. The number of nitrogens with zero attached hydrogens (tertiary/aromatic N) is 1. The van der Waals surface area contributed by atoms with Gasteiger partial charge in [0.15, 0.2) is 11.6 Å². The van der Waals surface area contributed by atoms with E-state index in [1.54, 1.807) is 12.1 Å². The van der Waals surface area contributed by atoms with Crippen molar-refractivity contribution in [2.24, 2.45) is 0 Å². The highest BCUT2D eigenvalue weighted by molar-refractivity contribution is 9.10. The van der Waals surface area contributed by atoms with Crippen LogP contribution in [0.1, 0.15) is 104 Å². The Morgan fingerprint density at radius 1 is 0.455 bits per heavy atom. The number of Topliss-reactive ketones (excluding diaryl/α,β-unsaturated/α-hetero) is 2. The SMILES string of the molecule is Brc1cccc2c1CC1(CC2)OCCO1.CN(C)C1CCc2cccc(C(F)(F)F)c2C1.FC(F)(F)c1cccc2c1CC1(CC2)OCCO1.O=C1CCc2cccc(Br)c2C1.O=C1CCc2cccc(C(F)(F)F)c2C1. The number of carbonyl (C=O) groups excluding carboxylic acids is 2. The van der Waals surface area contributed by atoms with Crippen LogP contribution in [0.15, 0.2) is 99.9 Å². The van der Waals surface area contributed by atoms with E-state index in [4.69, 9.17) is 18.9 Å². The first-order valence-corrected chi connectivity index (χ1v) is 27.3. The highest BCUT2D eigenvalue weighted by Crippen LogP contribution is 2.43. The van der Waals surface area contributed by atoms with E-state index in [2.05, 4.69) is 56.1 Å². The van der Waals surface area contributed by atoms with Crippen molar-refractivity contribution in [1.82, 2.24) is 4.90 Å². The average molecular weight is 1210 g/mol. The Balaban J connectivity index is 0.000000128. The van der Waals surface area contributed by atoms with E-state index in [0.717, 1.165) is 79.5 Å². The topological polar surface area (TPSA) is 74.3 Å². The smallest absolute Gasteiger partial charge is 0.347 e. The van der Waals surface area contributed by atoms with Gasteiger partial charge in [0.05, 0.1) is 43.1 Å². The molecule has 7 aliphatic rings. The number of likely N-dealkylation sites (N-methyl/N-ethyl adjacent to an activating group) is 1. The van der Waals surface area contributed by atoms with Crippen molar-refractivity contribution >= 4 is 43.4 Å². The Morgan fingerprint density at radius 2 is 0.818 bits per heavy atom. The number of benzene rings is 5. The summed E-state index contributed by atoms with van der Waals surface area (Å²) in [6.07, 6.45) is -3.51. The Bertz CT molecular complexity index is 2910. The zero-order valence-electron chi connectivity index (χ0n) is 42.7. The second-order valence-corrected chi connectivity index (χ2v) is 22.1. The zero-order valence-corrected chi connectivity index (χ0v) is 45.9. The molecule has 77 heavy (non-hydrogen) atoms. The number of hydrogen-bond acceptors (Lipinski definition) is 7. The minimum Gasteiger partial charge on any atom is -0.347 e. The highest BCUT2D eigenvalue weighted by Gasteiger charge is 2.45. The van der Waals surface area contributed by atoms with Crippen molar-refractivity contribution in [2.75, 3.05) is 40.5 Å². The summed E-state index contributed by atoms with van der Waals surface area (Å²) in [6.45, 7) is 2.40. The molecule has 2 fully saturated rings. The van der Waals surface area contributed by atoms with Crippen LogP contribution in [0, 0.1) is 0 Å². The minimum absolute atomic E-state index is 0.0784. The van der Waals surface area contributed by atoms with Crippen LogP contribution in [0.5, 0.6) is 0 Å². The Hall–Kier alpha value is -4.43. The number of ether oxygens (including phenoxy) is 4. The Kier molecular flexibility index (Phi) is 18.7. The maximum atomic E-state index is 13.0. The summed E-state index contributed by atoms with van der Waals surface area (Å²) in [5, 5.41) is 0. The first-order chi connectivity index (χ1) is 36.4. The van der Waals surface area contributed by atoms with E-state index < -0.39 is 41.0 Å². The monoisotopic (exact) mass is 1210 g/mol. The van der Waals surface area contributed by atoms with Gasteiger partial charge in [-0.2, -0.15) is 39.5 Å². The third-order valence-corrected chi connectivity index (χ3v) is 16.7. The van der Waals surface area contributed by atoms with Gasteiger partial charge in [-0.25, -0.2) is 0 Å². The van der Waals surface area contributed by atoms with E-state index in [0.29, 0.717) is 80.6 Å². The van der Waals surface area contributed by atoms with Crippen molar-refractivity contribution in [3.63, 3.8) is 0 Å². The molecule has 5 aliphatic carbocycles. The van der Waals surface area contributed by atoms with Gasteiger partial charge in [0.2, 0.25) is 0 Å². The normalized spacial score (nSPS) is 19.8. The molecule has 18 heteroatoms. The van der Waals surface area contributed by atoms with E-state index >= 15 is 0 Å². The Morgan fingerprint density at radius 3 is 1.29 bits per heavy atom. The summed E-state index contributed by atoms with van der Waals surface area (Å²) in [4.78, 5) is 24.3. The number of hydrogen-bond donors (Lipinski definition) is 0. The molecule has 2 saturated heterocycles. The summed E-state index contributed by atoms with van der Waals surface area (Å²) in [7, 11) is 3.84. The molecular formula is C59H60Br2F9NO6. The lowest BCUT2D eigenvalue weighted by molar-refractivity contribution is -0.167. The van der Waals surface area contributed by atoms with Crippen molar-refractivity contribution in [2.45, 2.75) is 132 Å². The molecule has 2 aliphatic heterocycles. The Labute approximate surface area is 459 Å². The molecule has 5 aromatic carbocycles. The number of aryl methyl sites for hydroxylation is 5. The van der Waals surface area contributed by atoms with Crippen LogP contribution in [0.25, 0.3) is 0 Å². The van der Waals surface area contributed by atoms with Crippen LogP contribution in [0.2, 0.25) is 0 Å². The van der Waals surface area contributed by atoms with Gasteiger partial charge < -0.3 is 23.8 Å². The van der Waals surface area contributed by atoms with E-state index in [-0.39, 0.29) is 36.0 Å². The van der Waals surface area contributed by atoms with Gasteiger partial charge in [-0.05, 0) is 145 Å². The van der Waals surface area contributed by atoms with Crippen LogP contribution in [0.3, 0.4) is 0 Å². The molecule has 0 radical (unpaired) electrons.